The lowest BCUT2D eigenvalue weighted by Gasteiger charge is -2.43. The molecule has 0 aromatic carbocycles. The Hall–Kier alpha value is -2.00. The van der Waals surface area contributed by atoms with Gasteiger partial charge in [-0.05, 0) is 40.8 Å². The lowest BCUT2D eigenvalue weighted by Crippen LogP contribution is -2.47. The first-order valence-corrected chi connectivity index (χ1v) is 11.5. The Morgan fingerprint density at radius 1 is 1.10 bits per heavy atom. The number of likely N-dealkylation sites (tertiary alicyclic amines) is 1. The molecule has 0 unspecified atom stereocenters. The molecule has 8 heteroatoms. The van der Waals surface area contributed by atoms with Crippen LogP contribution in [0.15, 0.2) is 33.8 Å². The van der Waals surface area contributed by atoms with Crippen LogP contribution in [0, 0.1) is 5.92 Å². The van der Waals surface area contributed by atoms with Crippen LogP contribution in [-0.2, 0) is 29.2 Å². The topological polar surface area (TPSA) is 75.0 Å². The third kappa shape index (κ3) is 4.83. The van der Waals surface area contributed by atoms with E-state index in [0.29, 0.717) is 11.8 Å². The molecule has 0 spiro atoms. The van der Waals surface area contributed by atoms with Gasteiger partial charge in [0.2, 0.25) is 0 Å². The molecule has 7 nitrogen and oxygen atoms in total. The van der Waals surface area contributed by atoms with Crippen molar-refractivity contribution in [3.63, 3.8) is 0 Å². The average molecular weight is 432 g/mol. The second-order valence-electron chi connectivity index (χ2n) is 8.32. The number of hydrogen-bond acceptors (Lipinski definition) is 6. The van der Waals surface area contributed by atoms with E-state index in [0.717, 1.165) is 64.6 Å². The fourth-order valence-corrected chi connectivity index (χ4v) is 5.64. The zero-order valence-electron chi connectivity index (χ0n) is 17.1. The smallest absolute Gasteiger partial charge is 0.290 e. The van der Waals surface area contributed by atoms with Gasteiger partial charge in [0.25, 0.3) is 12.0 Å². The summed E-state index contributed by atoms with van der Waals surface area (Å²) in [6.07, 6.45) is 1.22. The van der Waals surface area contributed by atoms with E-state index in [-0.39, 0.29) is 12.0 Å². The van der Waals surface area contributed by atoms with Gasteiger partial charge in [-0.3, -0.25) is 19.4 Å². The summed E-state index contributed by atoms with van der Waals surface area (Å²) in [5.74, 6) is 1.08. The Balaban J connectivity index is 0.000000687. The summed E-state index contributed by atoms with van der Waals surface area (Å²) in [7, 11) is 0. The monoisotopic (exact) mass is 431 g/mol. The third-order valence-corrected chi connectivity index (χ3v) is 6.97. The number of hydrogen-bond donors (Lipinski definition) is 1. The predicted octanol–water partition coefficient (Wildman–Crippen LogP) is 2.06. The summed E-state index contributed by atoms with van der Waals surface area (Å²) in [4.78, 5) is 26.4. The molecule has 0 saturated carbocycles. The molecule has 2 atom stereocenters. The maximum atomic E-state index is 13.1. The third-order valence-electron chi connectivity index (χ3n) is 6.24. The molecule has 2 aromatic heterocycles. The van der Waals surface area contributed by atoms with Gasteiger partial charge >= 0.3 is 0 Å². The summed E-state index contributed by atoms with van der Waals surface area (Å²) in [6.45, 7) is 7.97. The van der Waals surface area contributed by atoms with Gasteiger partial charge in [-0.15, -0.1) is 0 Å². The minimum absolute atomic E-state index is 0.236. The van der Waals surface area contributed by atoms with Crippen LogP contribution in [0.1, 0.15) is 29.2 Å². The Kier molecular flexibility index (Phi) is 6.99. The SMILES string of the molecule is O=CO.O=c1c(CN2CCOCC2)ccc2n1C[C@H]1C[C@@H]2CN(Cc2ccsc2)C1. The minimum atomic E-state index is -0.250. The number of ether oxygens (including phenoxy) is 1. The highest BCUT2D eigenvalue weighted by Gasteiger charge is 2.35. The van der Waals surface area contributed by atoms with Crippen LogP contribution in [0.25, 0.3) is 0 Å². The molecule has 162 valence electrons. The molecule has 3 aliphatic heterocycles. The molecular weight excluding hydrogens is 402 g/mol. The van der Waals surface area contributed by atoms with Crippen molar-refractivity contribution < 1.29 is 14.6 Å². The van der Waals surface area contributed by atoms with Gasteiger partial charge in [0, 0.05) is 63.0 Å². The van der Waals surface area contributed by atoms with Gasteiger partial charge in [-0.25, -0.2) is 0 Å². The first-order valence-electron chi connectivity index (χ1n) is 10.5. The first kappa shape index (κ1) is 21.2. The highest BCUT2D eigenvalue weighted by atomic mass is 32.1. The maximum Gasteiger partial charge on any atom is 0.290 e. The number of pyridine rings is 1. The van der Waals surface area contributed by atoms with E-state index in [9.17, 15) is 4.79 Å². The summed E-state index contributed by atoms with van der Waals surface area (Å²) >= 11 is 1.77. The number of rotatable bonds is 4. The van der Waals surface area contributed by atoms with E-state index in [2.05, 4.69) is 43.3 Å². The second-order valence-corrected chi connectivity index (χ2v) is 9.10. The number of aromatic nitrogens is 1. The number of nitrogens with zero attached hydrogens (tertiary/aromatic N) is 3. The lowest BCUT2D eigenvalue weighted by atomic mass is 9.83. The molecule has 0 aliphatic carbocycles. The van der Waals surface area contributed by atoms with Crippen LogP contribution in [0.5, 0.6) is 0 Å². The van der Waals surface area contributed by atoms with Gasteiger partial charge < -0.3 is 14.4 Å². The number of carbonyl (C=O) groups is 1. The lowest BCUT2D eigenvalue weighted by molar-refractivity contribution is -0.122. The maximum absolute atomic E-state index is 13.1. The van der Waals surface area contributed by atoms with Crippen LogP contribution in [-0.4, -0.2) is 65.3 Å². The fourth-order valence-electron chi connectivity index (χ4n) is 4.98. The highest BCUT2D eigenvalue weighted by Crippen LogP contribution is 2.35. The molecule has 1 N–H and O–H groups in total. The Morgan fingerprint density at radius 2 is 1.90 bits per heavy atom. The molecule has 2 aromatic rings. The number of piperidine rings is 1. The summed E-state index contributed by atoms with van der Waals surface area (Å²) in [5, 5.41) is 11.3. The van der Waals surface area contributed by atoms with Gasteiger partial charge in [0.15, 0.2) is 0 Å². The van der Waals surface area contributed by atoms with Crippen molar-refractivity contribution in [2.75, 3.05) is 39.4 Å². The van der Waals surface area contributed by atoms with Crippen molar-refractivity contribution in [3.05, 3.63) is 56.1 Å². The molecule has 5 rings (SSSR count). The van der Waals surface area contributed by atoms with E-state index in [1.165, 1.54) is 17.7 Å². The number of fused-ring (bicyclic) bond motifs is 4. The number of morpholine rings is 1. The van der Waals surface area contributed by atoms with E-state index < -0.39 is 0 Å². The Morgan fingerprint density at radius 3 is 2.63 bits per heavy atom. The van der Waals surface area contributed by atoms with E-state index in [1.54, 1.807) is 11.3 Å². The standard InChI is InChI=1S/C21H27N3O2S.CH2O2/c25-21-18(13-22-4-6-26-7-5-22)1-2-20-19-9-17(12-24(20)21)11-23(14-19)10-16-3-8-27-15-16;2-1-3/h1-3,8,15,17,19H,4-7,9-14H2;1H,(H,2,3)/t17-,19+;/m0./s1. The van der Waals surface area contributed by atoms with Gasteiger partial charge in [-0.2, -0.15) is 11.3 Å². The largest absolute Gasteiger partial charge is 0.483 e. The van der Waals surface area contributed by atoms with Crippen molar-refractivity contribution >= 4 is 17.8 Å². The van der Waals surface area contributed by atoms with Gasteiger partial charge in [0.05, 0.1) is 13.2 Å². The van der Waals surface area contributed by atoms with Gasteiger partial charge in [-0.1, -0.05) is 6.07 Å². The second kappa shape index (κ2) is 9.87. The number of carboxylic acid groups (broad SMARTS) is 1. The van der Waals surface area contributed by atoms with Crippen LogP contribution in [0.4, 0.5) is 0 Å². The molecule has 2 saturated heterocycles. The minimum Gasteiger partial charge on any atom is -0.483 e. The molecule has 3 aliphatic rings. The molecule has 30 heavy (non-hydrogen) atoms. The molecular formula is C22H29N3O4S. The zero-order chi connectivity index (χ0) is 20.9. The highest BCUT2D eigenvalue weighted by molar-refractivity contribution is 7.07. The molecule has 2 fully saturated rings. The Labute approximate surface area is 180 Å². The van der Waals surface area contributed by atoms with Crippen molar-refractivity contribution in [1.29, 1.82) is 0 Å². The van der Waals surface area contributed by atoms with Gasteiger partial charge in [0.1, 0.15) is 0 Å². The van der Waals surface area contributed by atoms with Crippen molar-refractivity contribution in [3.8, 4) is 0 Å². The predicted molar refractivity (Wildman–Crippen MR) is 116 cm³/mol. The fraction of sp³-hybridized carbons (Fsp3) is 0.545. The molecule has 2 bridgehead atoms. The molecule has 0 amide bonds. The number of thiophene rings is 1. The quantitative estimate of drug-likeness (QED) is 0.747. The molecule has 0 radical (unpaired) electrons. The van der Waals surface area contributed by atoms with Crippen LogP contribution in [0.2, 0.25) is 0 Å². The zero-order valence-corrected chi connectivity index (χ0v) is 17.9. The summed E-state index contributed by atoms with van der Waals surface area (Å²) in [5.41, 5.74) is 3.84. The van der Waals surface area contributed by atoms with Crippen molar-refractivity contribution in [2.45, 2.75) is 32.0 Å². The summed E-state index contributed by atoms with van der Waals surface area (Å²) in [6, 6.07) is 6.54. The van der Waals surface area contributed by atoms with Crippen LogP contribution < -0.4 is 5.56 Å². The first-order chi connectivity index (χ1) is 14.7. The van der Waals surface area contributed by atoms with Crippen molar-refractivity contribution in [1.82, 2.24) is 14.4 Å². The van der Waals surface area contributed by atoms with Crippen LogP contribution in [0.3, 0.4) is 0 Å². The van der Waals surface area contributed by atoms with E-state index in [1.807, 2.05) is 0 Å². The Bertz CT molecular complexity index is 892. The van der Waals surface area contributed by atoms with Crippen LogP contribution >= 0.6 is 11.3 Å². The normalized spacial score (nSPS) is 23.9. The molecule has 5 heterocycles. The summed E-state index contributed by atoms with van der Waals surface area (Å²) < 4.78 is 7.52. The van der Waals surface area contributed by atoms with E-state index >= 15 is 0 Å². The van der Waals surface area contributed by atoms with E-state index in [4.69, 9.17) is 14.6 Å². The van der Waals surface area contributed by atoms with Crippen molar-refractivity contribution in [2.24, 2.45) is 5.92 Å². The average Bonchev–Trinajstić information content (AvgIpc) is 3.25.